The van der Waals surface area contributed by atoms with E-state index in [1.165, 1.54) is 36.8 Å². The number of rotatable bonds is 3. The van der Waals surface area contributed by atoms with Gasteiger partial charge in [0.05, 0.1) is 0 Å². The van der Waals surface area contributed by atoms with Gasteiger partial charge in [-0.1, -0.05) is 42.7 Å². The molecule has 0 heterocycles. The van der Waals surface area contributed by atoms with Gasteiger partial charge in [0.25, 0.3) is 5.91 Å². The van der Waals surface area contributed by atoms with Crippen LogP contribution in [-0.2, 0) is 0 Å². The van der Waals surface area contributed by atoms with Gasteiger partial charge < -0.3 is 5.32 Å². The van der Waals surface area contributed by atoms with E-state index >= 15 is 0 Å². The third-order valence-electron chi connectivity index (χ3n) is 4.31. The van der Waals surface area contributed by atoms with Gasteiger partial charge >= 0.3 is 0 Å². The Morgan fingerprint density at radius 1 is 0.952 bits per heavy atom. The second-order valence-electron chi connectivity index (χ2n) is 5.92. The molecule has 2 aromatic carbocycles. The highest BCUT2D eigenvalue weighted by Crippen LogP contribution is 2.33. The molecule has 0 saturated heterocycles. The fraction of sp³-hybridized carbons (Fsp3) is 0.316. The first kappa shape index (κ1) is 13.9. The standard InChI is InChI=1S/C19H21NO/c1-14-6-12-18(13-7-14)20-19(21)17-10-8-16(9-11-17)15-4-2-3-5-15/h6-13,15H,2-5H2,1H3,(H,20,21). The number of aryl methyl sites for hydroxylation is 1. The molecule has 1 fully saturated rings. The molecule has 1 aliphatic rings. The third-order valence-corrected chi connectivity index (χ3v) is 4.31. The molecule has 2 nitrogen and oxygen atoms in total. The minimum atomic E-state index is -0.0446. The topological polar surface area (TPSA) is 29.1 Å². The van der Waals surface area contributed by atoms with Crippen LogP contribution < -0.4 is 5.32 Å². The van der Waals surface area contributed by atoms with Crippen LogP contribution in [0.3, 0.4) is 0 Å². The summed E-state index contributed by atoms with van der Waals surface area (Å²) in [5.74, 6) is 0.649. The zero-order valence-electron chi connectivity index (χ0n) is 12.4. The van der Waals surface area contributed by atoms with Crippen molar-refractivity contribution >= 4 is 11.6 Å². The minimum Gasteiger partial charge on any atom is -0.322 e. The summed E-state index contributed by atoms with van der Waals surface area (Å²) in [5, 5.41) is 2.94. The SMILES string of the molecule is Cc1ccc(NC(=O)c2ccc(C3CCCC3)cc2)cc1. The van der Waals surface area contributed by atoms with Crippen molar-refractivity contribution < 1.29 is 4.79 Å². The predicted octanol–water partition coefficient (Wildman–Crippen LogP) is 4.90. The van der Waals surface area contributed by atoms with Crippen LogP contribution in [0, 0.1) is 6.92 Å². The molecule has 0 atom stereocenters. The third kappa shape index (κ3) is 3.33. The van der Waals surface area contributed by atoms with Crippen molar-refractivity contribution in [2.24, 2.45) is 0 Å². The number of nitrogens with one attached hydrogen (secondary N) is 1. The fourth-order valence-electron chi connectivity index (χ4n) is 3.01. The van der Waals surface area contributed by atoms with Gasteiger partial charge in [-0.15, -0.1) is 0 Å². The molecule has 0 radical (unpaired) electrons. The van der Waals surface area contributed by atoms with E-state index in [0.717, 1.165) is 11.3 Å². The van der Waals surface area contributed by atoms with Crippen molar-refractivity contribution in [1.29, 1.82) is 0 Å². The van der Waals surface area contributed by atoms with Crippen LogP contribution in [0.15, 0.2) is 48.5 Å². The normalized spacial score (nSPS) is 15.1. The maximum Gasteiger partial charge on any atom is 0.255 e. The summed E-state index contributed by atoms with van der Waals surface area (Å²) in [6, 6.07) is 16.0. The van der Waals surface area contributed by atoms with Crippen LogP contribution in [0.1, 0.15) is 53.1 Å². The van der Waals surface area contributed by atoms with Crippen molar-refractivity contribution in [3.63, 3.8) is 0 Å². The van der Waals surface area contributed by atoms with Gasteiger partial charge in [0.1, 0.15) is 0 Å². The highest BCUT2D eigenvalue weighted by Gasteiger charge is 2.17. The number of benzene rings is 2. The van der Waals surface area contributed by atoms with Crippen LogP contribution in [-0.4, -0.2) is 5.91 Å². The average molecular weight is 279 g/mol. The molecule has 21 heavy (non-hydrogen) atoms. The fourth-order valence-corrected chi connectivity index (χ4v) is 3.01. The molecule has 2 heteroatoms. The van der Waals surface area contributed by atoms with Gasteiger partial charge in [0, 0.05) is 11.3 Å². The van der Waals surface area contributed by atoms with Gasteiger partial charge in [0.15, 0.2) is 0 Å². The summed E-state index contributed by atoms with van der Waals surface area (Å²) < 4.78 is 0. The molecule has 1 amide bonds. The Labute approximate surface area is 126 Å². The van der Waals surface area contributed by atoms with Crippen molar-refractivity contribution in [2.45, 2.75) is 38.5 Å². The maximum absolute atomic E-state index is 12.2. The van der Waals surface area contributed by atoms with E-state index < -0.39 is 0 Å². The Morgan fingerprint density at radius 2 is 1.57 bits per heavy atom. The number of carbonyl (C=O) groups is 1. The second kappa shape index (κ2) is 6.13. The zero-order valence-corrected chi connectivity index (χ0v) is 12.4. The Morgan fingerprint density at radius 3 is 2.19 bits per heavy atom. The van der Waals surface area contributed by atoms with E-state index in [4.69, 9.17) is 0 Å². The Balaban J connectivity index is 1.68. The van der Waals surface area contributed by atoms with E-state index in [2.05, 4.69) is 17.4 Å². The van der Waals surface area contributed by atoms with Crippen LogP contribution in [0.5, 0.6) is 0 Å². The predicted molar refractivity (Wildman–Crippen MR) is 86.8 cm³/mol. The van der Waals surface area contributed by atoms with Crippen molar-refractivity contribution in [2.75, 3.05) is 5.32 Å². The largest absolute Gasteiger partial charge is 0.322 e. The lowest BCUT2D eigenvalue weighted by Crippen LogP contribution is -2.11. The molecule has 1 N–H and O–H groups in total. The van der Waals surface area contributed by atoms with Crippen LogP contribution >= 0.6 is 0 Å². The summed E-state index contributed by atoms with van der Waals surface area (Å²) in [5.41, 5.74) is 4.12. The van der Waals surface area contributed by atoms with E-state index in [0.29, 0.717) is 5.92 Å². The van der Waals surface area contributed by atoms with Gasteiger partial charge in [-0.05, 0) is 55.5 Å². The summed E-state index contributed by atoms with van der Waals surface area (Å²) in [7, 11) is 0. The summed E-state index contributed by atoms with van der Waals surface area (Å²) >= 11 is 0. The van der Waals surface area contributed by atoms with Gasteiger partial charge in [0.2, 0.25) is 0 Å². The lowest BCUT2D eigenvalue weighted by molar-refractivity contribution is 0.102. The Hall–Kier alpha value is -2.09. The number of hydrogen-bond donors (Lipinski definition) is 1. The zero-order chi connectivity index (χ0) is 14.7. The minimum absolute atomic E-state index is 0.0446. The molecule has 3 rings (SSSR count). The monoisotopic (exact) mass is 279 g/mol. The molecule has 2 aromatic rings. The second-order valence-corrected chi connectivity index (χ2v) is 5.92. The van der Waals surface area contributed by atoms with Crippen molar-refractivity contribution in [3.05, 3.63) is 65.2 Å². The summed E-state index contributed by atoms with van der Waals surface area (Å²) in [6.45, 7) is 2.04. The molecule has 0 unspecified atom stereocenters. The highest BCUT2D eigenvalue weighted by atomic mass is 16.1. The van der Waals surface area contributed by atoms with Crippen molar-refractivity contribution in [3.8, 4) is 0 Å². The van der Waals surface area contributed by atoms with Crippen LogP contribution in [0.2, 0.25) is 0 Å². The van der Waals surface area contributed by atoms with Gasteiger partial charge in [-0.3, -0.25) is 4.79 Å². The van der Waals surface area contributed by atoms with Gasteiger partial charge in [-0.2, -0.15) is 0 Å². The molecule has 0 bridgehead atoms. The number of hydrogen-bond acceptors (Lipinski definition) is 1. The van der Waals surface area contributed by atoms with Crippen molar-refractivity contribution in [1.82, 2.24) is 0 Å². The molecule has 0 spiro atoms. The van der Waals surface area contributed by atoms with Crippen LogP contribution in [0.4, 0.5) is 5.69 Å². The van der Waals surface area contributed by atoms with Gasteiger partial charge in [-0.25, -0.2) is 0 Å². The van der Waals surface area contributed by atoms with E-state index in [9.17, 15) is 4.79 Å². The number of carbonyl (C=O) groups excluding carboxylic acids is 1. The lowest BCUT2D eigenvalue weighted by atomic mass is 9.96. The first-order valence-corrected chi connectivity index (χ1v) is 7.70. The molecule has 1 saturated carbocycles. The summed E-state index contributed by atoms with van der Waals surface area (Å²) in [6.07, 6.45) is 5.24. The van der Waals surface area contributed by atoms with E-state index in [1.54, 1.807) is 0 Å². The smallest absolute Gasteiger partial charge is 0.255 e. The number of amides is 1. The first-order valence-electron chi connectivity index (χ1n) is 7.70. The molecule has 0 aromatic heterocycles. The molecular weight excluding hydrogens is 258 g/mol. The van der Waals surface area contributed by atoms with E-state index in [1.807, 2.05) is 43.3 Å². The Bertz CT molecular complexity index is 607. The molecule has 0 aliphatic heterocycles. The number of anilines is 1. The van der Waals surface area contributed by atoms with E-state index in [-0.39, 0.29) is 5.91 Å². The quantitative estimate of drug-likeness (QED) is 0.850. The molecule has 1 aliphatic carbocycles. The highest BCUT2D eigenvalue weighted by molar-refractivity contribution is 6.04. The molecular formula is C19H21NO. The van der Waals surface area contributed by atoms with Crippen LogP contribution in [0.25, 0.3) is 0 Å². The first-order chi connectivity index (χ1) is 10.2. The maximum atomic E-state index is 12.2. The average Bonchev–Trinajstić information content (AvgIpc) is 3.04. The lowest BCUT2D eigenvalue weighted by Gasteiger charge is -2.10. The summed E-state index contributed by atoms with van der Waals surface area (Å²) in [4.78, 5) is 12.2. The Kier molecular flexibility index (Phi) is 4.05. The molecule has 108 valence electrons.